The topological polar surface area (TPSA) is 127 Å². The van der Waals surface area contributed by atoms with E-state index >= 15 is 0 Å². The lowest BCUT2D eigenvalue weighted by atomic mass is 9.48. The second kappa shape index (κ2) is 7.00. The van der Waals surface area contributed by atoms with Crippen molar-refractivity contribution in [3.8, 4) is 0 Å². The Hall–Kier alpha value is -2.51. The van der Waals surface area contributed by atoms with E-state index in [0.717, 1.165) is 0 Å². The number of allylic oxidation sites excluding steroid dienone is 1. The Labute approximate surface area is 180 Å². The zero-order valence-electron chi connectivity index (χ0n) is 17.3. The molecule has 0 saturated heterocycles. The first-order chi connectivity index (χ1) is 14.8. The molecule has 31 heavy (non-hydrogen) atoms. The van der Waals surface area contributed by atoms with Crippen LogP contribution < -0.4 is 5.73 Å². The summed E-state index contributed by atoms with van der Waals surface area (Å²) in [7, 11) is 0. The van der Waals surface area contributed by atoms with Gasteiger partial charge >= 0.3 is 11.9 Å². The minimum Gasteiger partial charge on any atom is -0.480 e. The van der Waals surface area contributed by atoms with E-state index in [2.05, 4.69) is 0 Å². The summed E-state index contributed by atoms with van der Waals surface area (Å²) in [6, 6.07) is 7.56. The largest absolute Gasteiger partial charge is 0.480 e. The van der Waals surface area contributed by atoms with Gasteiger partial charge in [-0.15, -0.1) is 0 Å². The Kier molecular flexibility index (Phi) is 4.61. The SMILES string of the molecule is C[C@H]1C=C[C@@H](N)[C@@]2(C(=O)O)C(=O)C3C([C@@H]4C[C@@H](O)[C@H]3C4)[C@@H](OC(=O)c3ccccc3)[C@H]12. The molecule has 4 aliphatic carbocycles. The fraction of sp³-hybridized carbons (Fsp3) is 0.542. The van der Waals surface area contributed by atoms with Gasteiger partial charge < -0.3 is 20.7 Å². The maximum absolute atomic E-state index is 13.9. The number of hydrogen-bond donors (Lipinski definition) is 3. The number of carboxylic acid groups (broad SMARTS) is 1. The van der Waals surface area contributed by atoms with Gasteiger partial charge in [0.1, 0.15) is 6.10 Å². The molecule has 2 unspecified atom stereocenters. The van der Waals surface area contributed by atoms with Crippen LogP contribution in [0.3, 0.4) is 0 Å². The van der Waals surface area contributed by atoms with Crippen molar-refractivity contribution in [2.24, 2.45) is 46.7 Å². The minimum atomic E-state index is -1.87. The molecule has 7 heteroatoms. The number of aliphatic carboxylic acids is 1. The Morgan fingerprint density at radius 3 is 2.55 bits per heavy atom. The fourth-order valence-electron chi connectivity index (χ4n) is 7.12. The first kappa shape index (κ1) is 20.4. The lowest BCUT2D eigenvalue weighted by Gasteiger charge is -2.56. The number of benzene rings is 1. The number of ketones is 1. The van der Waals surface area contributed by atoms with Crippen LogP contribution in [-0.2, 0) is 14.3 Å². The molecule has 0 amide bonds. The number of rotatable bonds is 3. The van der Waals surface area contributed by atoms with E-state index in [-0.39, 0.29) is 23.7 Å². The van der Waals surface area contributed by atoms with Crippen LogP contribution >= 0.6 is 0 Å². The normalized spacial score (nSPS) is 45.1. The number of esters is 1. The molecule has 1 aromatic carbocycles. The van der Waals surface area contributed by atoms with Crippen molar-refractivity contribution in [1.82, 2.24) is 0 Å². The highest BCUT2D eigenvalue weighted by atomic mass is 16.5. The van der Waals surface area contributed by atoms with Crippen molar-refractivity contribution in [3.05, 3.63) is 48.0 Å². The van der Waals surface area contributed by atoms with Crippen LogP contribution in [-0.4, -0.2) is 46.2 Å². The van der Waals surface area contributed by atoms with Gasteiger partial charge in [-0.1, -0.05) is 37.3 Å². The zero-order chi connectivity index (χ0) is 22.1. The first-order valence-corrected chi connectivity index (χ1v) is 10.9. The van der Waals surface area contributed by atoms with E-state index in [0.29, 0.717) is 18.4 Å². The smallest absolute Gasteiger partial charge is 0.338 e. The lowest BCUT2D eigenvalue weighted by Crippen LogP contribution is -2.70. The number of ether oxygens (including phenoxy) is 1. The molecule has 3 fully saturated rings. The predicted molar refractivity (Wildman–Crippen MR) is 110 cm³/mol. The van der Waals surface area contributed by atoms with Crippen LogP contribution in [0, 0.1) is 40.9 Å². The van der Waals surface area contributed by atoms with Crippen molar-refractivity contribution in [2.45, 2.75) is 38.0 Å². The summed E-state index contributed by atoms with van der Waals surface area (Å²) in [6.07, 6.45) is 3.20. The second-order valence-electron chi connectivity index (χ2n) is 9.64. The van der Waals surface area contributed by atoms with E-state index in [4.69, 9.17) is 10.5 Å². The third kappa shape index (κ3) is 2.62. The molecule has 4 N–H and O–H groups in total. The number of nitrogens with two attached hydrogens (primary N) is 1. The summed E-state index contributed by atoms with van der Waals surface area (Å²) in [5.41, 5.74) is 4.81. The fourth-order valence-corrected chi connectivity index (χ4v) is 7.12. The van der Waals surface area contributed by atoms with Gasteiger partial charge in [0.2, 0.25) is 0 Å². The number of Topliss-reactive ketones (excluding diaryl/α,β-unsaturated/α-hetero) is 1. The van der Waals surface area contributed by atoms with Gasteiger partial charge in [0, 0.05) is 23.8 Å². The van der Waals surface area contributed by atoms with Gasteiger partial charge in [0.25, 0.3) is 0 Å². The van der Waals surface area contributed by atoms with Gasteiger partial charge in [0.15, 0.2) is 11.2 Å². The highest BCUT2D eigenvalue weighted by molar-refractivity contribution is 6.07. The monoisotopic (exact) mass is 425 g/mol. The molecule has 1 aromatic rings. The van der Waals surface area contributed by atoms with Crippen molar-refractivity contribution in [2.75, 3.05) is 0 Å². The van der Waals surface area contributed by atoms with Crippen LogP contribution in [0.15, 0.2) is 42.5 Å². The molecule has 164 valence electrons. The maximum Gasteiger partial charge on any atom is 0.338 e. The molecule has 0 spiro atoms. The van der Waals surface area contributed by atoms with E-state index < -0.39 is 53.2 Å². The first-order valence-electron chi connectivity index (χ1n) is 10.9. The molecular weight excluding hydrogens is 398 g/mol. The number of carboxylic acids is 1. The standard InChI is InChI=1S/C24H27NO6/c1-11-7-8-16(25)24(23(29)30)19(11)20(31-22(28)12-5-3-2-4-6-12)17-13-9-14(15(26)10-13)18(17)21(24)27/h2-8,11,13-20,26H,9-10,25H2,1H3,(H,29,30)/t11-,13-,14+,15+,16+,17?,18?,19-,20+,24-/m0/s1. The number of fused-ring (bicyclic) bond motifs is 6. The molecule has 2 bridgehead atoms. The third-order valence-electron chi connectivity index (χ3n) is 8.32. The molecular formula is C24H27NO6. The summed E-state index contributed by atoms with van der Waals surface area (Å²) in [5.74, 6) is -4.54. The molecule has 0 radical (unpaired) electrons. The number of hydrogen-bond acceptors (Lipinski definition) is 6. The molecule has 0 aliphatic heterocycles. The van der Waals surface area contributed by atoms with Crippen LogP contribution in [0.5, 0.6) is 0 Å². The van der Waals surface area contributed by atoms with Crippen molar-refractivity contribution in [1.29, 1.82) is 0 Å². The van der Waals surface area contributed by atoms with Gasteiger partial charge in [-0.2, -0.15) is 0 Å². The molecule has 5 rings (SSSR count). The molecule has 0 heterocycles. The molecule has 3 saturated carbocycles. The van der Waals surface area contributed by atoms with Crippen LogP contribution in [0.2, 0.25) is 0 Å². The van der Waals surface area contributed by atoms with E-state index in [1.54, 1.807) is 36.4 Å². The highest BCUT2D eigenvalue weighted by Crippen LogP contribution is 2.63. The van der Waals surface area contributed by atoms with Gasteiger partial charge in [-0.05, 0) is 42.7 Å². The summed E-state index contributed by atoms with van der Waals surface area (Å²) < 4.78 is 6.07. The van der Waals surface area contributed by atoms with Crippen LogP contribution in [0.4, 0.5) is 0 Å². The van der Waals surface area contributed by atoms with Crippen molar-refractivity contribution in [3.63, 3.8) is 0 Å². The molecule has 4 aliphatic rings. The Morgan fingerprint density at radius 2 is 1.87 bits per heavy atom. The molecule has 7 nitrogen and oxygen atoms in total. The molecule has 0 aromatic heterocycles. The summed E-state index contributed by atoms with van der Waals surface area (Å²) in [4.78, 5) is 39.6. The Balaban J connectivity index is 1.64. The average Bonchev–Trinajstić information content (AvgIpc) is 3.30. The summed E-state index contributed by atoms with van der Waals surface area (Å²) in [5, 5.41) is 20.9. The van der Waals surface area contributed by atoms with Gasteiger partial charge in [0.05, 0.1) is 11.7 Å². The van der Waals surface area contributed by atoms with E-state index in [1.807, 2.05) is 13.0 Å². The molecule has 10 atom stereocenters. The quantitative estimate of drug-likeness (QED) is 0.382. The second-order valence-corrected chi connectivity index (χ2v) is 9.64. The number of aliphatic hydroxyl groups excluding tert-OH is 1. The summed E-state index contributed by atoms with van der Waals surface area (Å²) >= 11 is 0. The number of carbonyl (C=O) groups is 3. The number of carbonyl (C=O) groups excluding carboxylic acids is 2. The zero-order valence-corrected chi connectivity index (χ0v) is 17.3. The summed E-state index contributed by atoms with van der Waals surface area (Å²) in [6.45, 7) is 1.85. The minimum absolute atomic E-state index is 0.0173. The van der Waals surface area contributed by atoms with Gasteiger partial charge in [-0.3, -0.25) is 9.59 Å². The predicted octanol–water partition coefficient (Wildman–Crippen LogP) is 1.65. The Morgan fingerprint density at radius 1 is 1.16 bits per heavy atom. The van der Waals surface area contributed by atoms with Crippen molar-refractivity contribution < 1.29 is 29.3 Å². The van der Waals surface area contributed by atoms with Crippen LogP contribution in [0.25, 0.3) is 0 Å². The lowest BCUT2D eigenvalue weighted by molar-refractivity contribution is -0.188. The average molecular weight is 425 g/mol. The number of aliphatic hydroxyl groups is 1. The van der Waals surface area contributed by atoms with Gasteiger partial charge in [-0.25, -0.2) is 4.79 Å². The van der Waals surface area contributed by atoms with E-state index in [1.165, 1.54) is 0 Å². The van der Waals surface area contributed by atoms with Crippen LogP contribution in [0.1, 0.15) is 30.1 Å². The Bertz CT molecular complexity index is 960. The highest BCUT2D eigenvalue weighted by Gasteiger charge is 2.73. The van der Waals surface area contributed by atoms with Crippen molar-refractivity contribution >= 4 is 17.7 Å². The van der Waals surface area contributed by atoms with E-state index in [9.17, 15) is 24.6 Å². The third-order valence-corrected chi connectivity index (χ3v) is 8.32. The maximum atomic E-state index is 13.9.